The van der Waals surface area contributed by atoms with Gasteiger partial charge in [-0.3, -0.25) is 0 Å². The second-order valence-corrected chi connectivity index (χ2v) is 4.59. The van der Waals surface area contributed by atoms with Crippen LogP contribution in [0.5, 0.6) is 0 Å². The SMILES string of the molecule is CC(C)(c1ccccc1)c1ccccc1.CC=O. The quantitative estimate of drug-likeness (QED) is 0.718. The molecule has 2 rings (SSSR count). The molecule has 0 aliphatic carbocycles. The maximum atomic E-state index is 8.81. The lowest BCUT2D eigenvalue weighted by atomic mass is 9.78. The Balaban J connectivity index is 0.000000492. The van der Waals surface area contributed by atoms with Crippen molar-refractivity contribution in [3.8, 4) is 0 Å². The van der Waals surface area contributed by atoms with Crippen molar-refractivity contribution in [1.29, 1.82) is 0 Å². The van der Waals surface area contributed by atoms with Crippen LogP contribution < -0.4 is 0 Å². The third-order valence-electron chi connectivity index (χ3n) is 2.99. The van der Waals surface area contributed by atoms with Gasteiger partial charge in [0.15, 0.2) is 0 Å². The minimum Gasteiger partial charge on any atom is -0.304 e. The number of hydrogen-bond acceptors (Lipinski definition) is 1. The van der Waals surface area contributed by atoms with E-state index in [2.05, 4.69) is 74.5 Å². The minimum absolute atomic E-state index is 0.0858. The van der Waals surface area contributed by atoms with E-state index in [-0.39, 0.29) is 5.41 Å². The van der Waals surface area contributed by atoms with E-state index in [4.69, 9.17) is 4.79 Å². The molecule has 0 heterocycles. The monoisotopic (exact) mass is 240 g/mol. The molecule has 0 aromatic heterocycles. The first-order valence-electron chi connectivity index (χ1n) is 6.13. The van der Waals surface area contributed by atoms with Gasteiger partial charge in [-0.15, -0.1) is 0 Å². The normalized spacial score (nSPS) is 10.2. The van der Waals surface area contributed by atoms with E-state index in [1.54, 1.807) is 0 Å². The van der Waals surface area contributed by atoms with Crippen LogP contribution in [-0.4, -0.2) is 6.29 Å². The Bertz CT molecular complexity index is 416. The molecule has 0 fully saturated rings. The number of hydrogen-bond donors (Lipinski definition) is 0. The van der Waals surface area contributed by atoms with Crippen LogP contribution in [0.1, 0.15) is 31.9 Å². The van der Waals surface area contributed by atoms with E-state index in [0.717, 1.165) is 6.29 Å². The maximum Gasteiger partial charge on any atom is 0.116 e. The first kappa shape index (κ1) is 14.2. The standard InChI is InChI=1S/C15H16.C2H4O/c1-15(2,13-9-5-3-6-10-13)14-11-7-4-8-12-14;1-2-3/h3-12H,1-2H3;2H,1H3. The van der Waals surface area contributed by atoms with Crippen LogP contribution in [0, 0.1) is 0 Å². The van der Waals surface area contributed by atoms with Crippen LogP contribution in [-0.2, 0) is 10.2 Å². The first-order chi connectivity index (χ1) is 8.62. The molecule has 0 aliphatic rings. The summed E-state index contributed by atoms with van der Waals surface area (Å²) in [5.74, 6) is 0. The van der Waals surface area contributed by atoms with Gasteiger partial charge in [-0.05, 0) is 18.1 Å². The van der Waals surface area contributed by atoms with E-state index in [9.17, 15) is 0 Å². The largest absolute Gasteiger partial charge is 0.304 e. The molecular weight excluding hydrogens is 220 g/mol. The predicted octanol–water partition coefficient (Wildman–Crippen LogP) is 4.22. The van der Waals surface area contributed by atoms with Gasteiger partial charge in [0, 0.05) is 5.41 Å². The lowest BCUT2D eigenvalue weighted by molar-refractivity contribution is -0.106. The van der Waals surface area contributed by atoms with Crippen LogP contribution in [0.25, 0.3) is 0 Å². The zero-order valence-electron chi connectivity index (χ0n) is 11.3. The minimum atomic E-state index is 0.0858. The Labute approximate surface area is 109 Å². The summed E-state index contributed by atoms with van der Waals surface area (Å²) in [6.07, 6.45) is 0.750. The second kappa shape index (κ2) is 6.75. The van der Waals surface area contributed by atoms with Crippen LogP contribution >= 0.6 is 0 Å². The van der Waals surface area contributed by atoms with Crippen LogP contribution in [0.15, 0.2) is 60.7 Å². The Morgan fingerprint density at radius 2 is 1.06 bits per heavy atom. The molecule has 0 spiro atoms. The Morgan fingerprint density at radius 3 is 1.33 bits per heavy atom. The van der Waals surface area contributed by atoms with E-state index in [1.165, 1.54) is 18.1 Å². The molecule has 0 amide bonds. The third-order valence-corrected chi connectivity index (χ3v) is 2.99. The van der Waals surface area contributed by atoms with Gasteiger partial charge in [0.25, 0.3) is 0 Å². The lowest BCUT2D eigenvalue weighted by Crippen LogP contribution is -2.18. The van der Waals surface area contributed by atoms with Gasteiger partial charge in [0.1, 0.15) is 6.29 Å². The van der Waals surface area contributed by atoms with Crippen molar-refractivity contribution < 1.29 is 4.79 Å². The molecule has 0 saturated carbocycles. The molecule has 2 aromatic rings. The summed E-state index contributed by atoms with van der Waals surface area (Å²) < 4.78 is 0. The van der Waals surface area contributed by atoms with Gasteiger partial charge in [0.05, 0.1) is 0 Å². The predicted molar refractivity (Wildman–Crippen MR) is 76.8 cm³/mol. The Morgan fingerprint density at radius 1 is 0.778 bits per heavy atom. The second-order valence-electron chi connectivity index (χ2n) is 4.59. The van der Waals surface area contributed by atoms with E-state index < -0.39 is 0 Å². The molecule has 0 radical (unpaired) electrons. The Kier molecular flexibility index (Phi) is 5.31. The van der Waals surface area contributed by atoms with E-state index in [0.29, 0.717) is 0 Å². The average molecular weight is 240 g/mol. The zero-order chi connectivity index (χ0) is 13.4. The third kappa shape index (κ3) is 3.56. The van der Waals surface area contributed by atoms with Crippen molar-refractivity contribution >= 4 is 6.29 Å². The lowest BCUT2D eigenvalue weighted by Gasteiger charge is -2.25. The van der Waals surface area contributed by atoms with Gasteiger partial charge in [-0.2, -0.15) is 0 Å². The summed E-state index contributed by atoms with van der Waals surface area (Å²) in [5, 5.41) is 0. The summed E-state index contributed by atoms with van der Waals surface area (Å²) in [6, 6.07) is 21.3. The molecule has 0 atom stereocenters. The van der Waals surface area contributed by atoms with Crippen molar-refractivity contribution in [2.45, 2.75) is 26.2 Å². The number of carbonyl (C=O) groups is 1. The van der Waals surface area contributed by atoms with Crippen LogP contribution in [0.3, 0.4) is 0 Å². The zero-order valence-corrected chi connectivity index (χ0v) is 11.3. The molecule has 1 nitrogen and oxygen atoms in total. The van der Waals surface area contributed by atoms with Crippen molar-refractivity contribution in [3.05, 3.63) is 71.8 Å². The highest BCUT2D eigenvalue weighted by Crippen LogP contribution is 2.30. The van der Waals surface area contributed by atoms with Crippen molar-refractivity contribution in [3.63, 3.8) is 0 Å². The molecule has 0 N–H and O–H groups in total. The topological polar surface area (TPSA) is 17.1 Å². The molecule has 18 heavy (non-hydrogen) atoms. The molecule has 1 heteroatoms. The Hall–Kier alpha value is -1.89. The maximum absolute atomic E-state index is 8.81. The smallest absolute Gasteiger partial charge is 0.116 e. The number of rotatable bonds is 2. The van der Waals surface area contributed by atoms with Crippen LogP contribution in [0.4, 0.5) is 0 Å². The fourth-order valence-electron chi connectivity index (χ4n) is 1.88. The number of carbonyl (C=O) groups excluding carboxylic acids is 1. The highest BCUT2D eigenvalue weighted by molar-refractivity contribution is 5.44. The fraction of sp³-hybridized carbons (Fsp3) is 0.235. The summed E-state index contributed by atoms with van der Waals surface area (Å²) in [7, 11) is 0. The van der Waals surface area contributed by atoms with Gasteiger partial charge < -0.3 is 4.79 Å². The van der Waals surface area contributed by atoms with E-state index in [1.807, 2.05) is 0 Å². The van der Waals surface area contributed by atoms with Crippen molar-refractivity contribution in [2.75, 3.05) is 0 Å². The molecule has 2 aromatic carbocycles. The van der Waals surface area contributed by atoms with Crippen molar-refractivity contribution in [2.24, 2.45) is 0 Å². The number of benzene rings is 2. The van der Waals surface area contributed by atoms with Gasteiger partial charge in [-0.25, -0.2) is 0 Å². The molecule has 94 valence electrons. The molecule has 0 bridgehead atoms. The van der Waals surface area contributed by atoms with Gasteiger partial charge in [0.2, 0.25) is 0 Å². The molecule has 0 unspecified atom stereocenters. The fourth-order valence-corrected chi connectivity index (χ4v) is 1.88. The van der Waals surface area contributed by atoms with Crippen molar-refractivity contribution in [1.82, 2.24) is 0 Å². The average Bonchev–Trinajstić information content (AvgIpc) is 2.42. The highest BCUT2D eigenvalue weighted by Gasteiger charge is 2.21. The summed E-state index contributed by atoms with van der Waals surface area (Å²) in [5.41, 5.74) is 2.80. The summed E-state index contributed by atoms with van der Waals surface area (Å²) >= 11 is 0. The van der Waals surface area contributed by atoms with Gasteiger partial charge >= 0.3 is 0 Å². The molecule has 0 aliphatic heterocycles. The summed E-state index contributed by atoms with van der Waals surface area (Å²) in [6.45, 7) is 5.97. The molecular formula is C17H20O. The molecule has 0 saturated heterocycles. The number of aldehydes is 1. The first-order valence-corrected chi connectivity index (χ1v) is 6.13. The van der Waals surface area contributed by atoms with E-state index >= 15 is 0 Å². The highest BCUT2D eigenvalue weighted by atomic mass is 16.1. The van der Waals surface area contributed by atoms with Gasteiger partial charge in [-0.1, -0.05) is 74.5 Å². The van der Waals surface area contributed by atoms with Crippen LogP contribution in [0.2, 0.25) is 0 Å². The summed E-state index contributed by atoms with van der Waals surface area (Å²) in [4.78, 5) is 8.81.